The highest BCUT2D eigenvalue weighted by Gasteiger charge is 2.38. The predicted molar refractivity (Wildman–Crippen MR) is 223 cm³/mol. The molecule has 288 valence electrons. The minimum atomic E-state index is -0.354. The van der Waals surface area contributed by atoms with Gasteiger partial charge in [0.2, 0.25) is 0 Å². The average Bonchev–Trinajstić information content (AvgIpc) is 3.78. The van der Waals surface area contributed by atoms with Crippen LogP contribution in [0.25, 0.3) is 22.3 Å². The summed E-state index contributed by atoms with van der Waals surface area (Å²) in [5, 5.41) is 0. The summed E-state index contributed by atoms with van der Waals surface area (Å²) in [7, 11) is 0. The number of carbonyl (C=O) groups excluding carboxylic acids is 4. The van der Waals surface area contributed by atoms with Gasteiger partial charge >= 0.3 is 0 Å². The van der Waals surface area contributed by atoms with Crippen molar-refractivity contribution < 1.29 is 28.7 Å². The summed E-state index contributed by atoms with van der Waals surface area (Å²) in [6, 6.07) is 34.5. The lowest BCUT2D eigenvalue weighted by molar-refractivity contribution is -0.121. The van der Waals surface area contributed by atoms with E-state index >= 15 is 0 Å². The maximum atomic E-state index is 12.4. The van der Waals surface area contributed by atoms with Crippen LogP contribution in [0.5, 0.6) is 23.0 Å². The number of benzene rings is 5. The molecule has 7 aliphatic rings. The van der Waals surface area contributed by atoms with Crippen LogP contribution in [-0.4, -0.2) is 23.6 Å². The largest absolute Gasteiger partial charge is 0.457 e. The Labute approximate surface area is 337 Å². The molecular formula is C50H42N2O6. The first-order valence-electron chi connectivity index (χ1n) is 20.5. The lowest BCUT2D eigenvalue weighted by Crippen LogP contribution is -2.30. The molecular weight excluding hydrogens is 725 g/mol. The van der Waals surface area contributed by atoms with Crippen molar-refractivity contribution in [2.75, 3.05) is 9.80 Å². The lowest BCUT2D eigenvalue weighted by atomic mass is 9.64. The second-order valence-electron chi connectivity index (χ2n) is 16.0. The van der Waals surface area contributed by atoms with Crippen LogP contribution in [0.2, 0.25) is 0 Å². The van der Waals surface area contributed by atoms with Crippen LogP contribution in [0.1, 0.15) is 86.8 Å². The van der Waals surface area contributed by atoms with E-state index < -0.39 is 0 Å². The third kappa shape index (κ3) is 6.15. The monoisotopic (exact) mass is 766 g/mol. The third-order valence-corrected chi connectivity index (χ3v) is 12.7. The Kier molecular flexibility index (Phi) is 8.92. The summed E-state index contributed by atoms with van der Waals surface area (Å²) in [5.74, 6) is 1.71. The molecule has 5 aromatic rings. The summed E-state index contributed by atoms with van der Waals surface area (Å²) < 4.78 is 13.8. The van der Waals surface area contributed by atoms with Gasteiger partial charge in [0, 0.05) is 40.8 Å². The summed E-state index contributed by atoms with van der Waals surface area (Å²) in [6.45, 7) is 0. The number of ether oxygens (including phenoxy) is 2. The SMILES string of the molecule is O=C1C=CC(=O)N1c1ccc(Oc2cc3ccc2-c2cccc(c2C2CCCCC2)-c2ccc(cc2Oc2ccc(N4C(=O)C=CC4=O)cc2)C32CCCCC2)cc1. The van der Waals surface area contributed by atoms with E-state index in [2.05, 4.69) is 54.6 Å². The highest BCUT2D eigenvalue weighted by Crippen LogP contribution is 2.53. The van der Waals surface area contributed by atoms with E-state index in [-0.39, 0.29) is 29.0 Å². The van der Waals surface area contributed by atoms with Crippen LogP contribution in [0, 0.1) is 0 Å². The molecule has 0 radical (unpaired) electrons. The highest BCUT2D eigenvalue weighted by atomic mass is 16.5. The van der Waals surface area contributed by atoms with Gasteiger partial charge in [-0.1, -0.05) is 81.0 Å². The van der Waals surface area contributed by atoms with Gasteiger partial charge < -0.3 is 9.47 Å². The number of hydrogen-bond donors (Lipinski definition) is 0. The molecule has 1 spiro atoms. The van der Waals surface area contributed by atoms with Crippen molar-refractivity contribution >= 4 is 35.0 Å². The first kappa shape index (κ1) is 35.8. The molecule has 12 rings (SSSR count). The van der Waals surface area contributed by atoms with E-state index in [1.54, 1.807) is 24.3 Å². The van der Waals surface area contributed by atoms with Gasteiger partial charge in [0.25, 0.3) is 23.6 Å². The zero-order valence-corrected chi connectivity index (χ0v) is 32.1. The third-order valence-electron chi connectivity index (χ3n) is 12.7. The van der Waals surface area contributed by atoms with E-state index in [4.69, 9.17) is 9.47 Å². The second-order valence-corrected chi connectivity index (χ2v) is 16.0. The number of rotatable bonds is 7. The van der Waals surface area contributed by atoms with Crippen molar-refractivity contribution in [3.05, 3.63) is 144 Å². The Morgan fingerprint density at radius 3 is 1.34 bits per heavy atom. The summed E-state index contributed by atoms with van der Waals surface area (Å²) in [4.78, 5) is 52.0. The fourth-order valence-electron chi connectivity index (χ4n) is 9.91. The molecule has 58 heavy (non-hydrogen) atoms. The van der Waals surface area contributed by atoms with E-state index in [1.165, 1.54) is 66.7 Å². The molecule has 0 N–H and O–H groups in total. The Morgan fingerprint density at radius 1 is 0.466 bits per heavy atom. The fraction of sp³-hybridized carbons (Fsp3) is 0.240. The van der Waals surface area contributed by atoms with Crippen molar-refractivity contribution in [3.63, 3.8) is 0 Å². The molecule has 0 unspecified atom stereocenters. The van der Waals surface area contributed by atoms with Crippen LogP contribution in [0.4, 0.5) is 11.4 Å². The first-order valence-corrected chi connectivity index (χ1v) is 20.5. The first-order chi connectivity index (χ1) is 28.4. The number of carbonyl (C=O) groups is 4. The molecule has 0 saturated heterocycles. The fourth-order valence-corrected chi connectivity index (χ4v) is 9.91. The molecule has 2 saturated carbocycles. The van der Waals surface area contributed by atoms with Crippen LogP contribution < -0.4 is 19.3 Å². The van der Waals surface area contributed by atoms with Crippen molar-refractivity contribution in [2.24, 2.45) is 0 Å². The Morgan fingerprint density at radius 2 is 0.897 bits per heavy atom. The van der Waals surface area contributed by atoms with Crippen LogP contribution >= 0.6 is 0 Å². The van der Waals surface area contributed by atoms with Crippen LogP contribution in [-0.2, 0) is 24.6 Å². The van der Waals surface area contributed by atoms with Gasteiger partial charge in [0.1, 0.15) is 23.0 Å². The molecule has 0 aromatic heterocycles. The minimum absolute atomic E-state index is 0.286. The van der Waals surface area contributed by atoms with E-state index in [9.17, 15) is 19.2 Å². The number of fused-ring (bicyclic) bond motifs is 2. The van der Waals surface area contributed by atoms with E-state index in [0.29, 0.717) is 28.8 Å². The van der Waals surface area contributed by atoms with Gasteiger partial charge in [-0.3, -0.25) is 19.2 Å². The Balaban J connectivity index is 1.12. The van der Waals surface area contributed by atoms with Crippen molar-refractivity contribution in [3.8, 4) is 45.3 Å². The number of hydrogen-bond acceptors (Lipinski definition) is 6. The molecule has 2 aliphatic heterocycles. The molecule has 4 amide bonds. The summed E-state index contributed by atoms with van der Waals surface area (Å²) >= 11 is 0. The maximum Gasteiger partial charge on any atom is 0.258 e. The van der Waals surface area contributed by atoms with Crippen molar-refractivity contribution in [1.82, 2.24) is 0 Å². The summed E-state index contributed by atoms with van der Waals surface area (Å²) in [5.41, 5.74) is 8.68. The second kappa shape index (κ2) is 14.4. The minimum Gasteiger partial charge on any atom is -0.457 e. The topological polar surface area (TPSA) is 93.2 Å². The van der Waals surface area contributed by atoms with Crippen molar-refractivity contribution in [1.29, 1.82) is 0 Å². The smallest absolute Gasteiger partial charge is 0.258 e. The van der Waals surface area contributed by atoms with Crippen molar-refractivity contribution in [2.45, 2.75) is 75.5 Å². The van der Waals surface area contributed by atoms with Gasteiger partial charge in [-0.15, -0.1) is 0 Å². The molecule has 5 aliphatic carbocycles. The molecule has 6 bridgehead atoms. The highest BCUT2D eigenvalue weighted by molar-refractivity contribution is 6.28. The Bertz CT molecular complexity index is 2360. The zero-order valence-electron chi connectivity index (χ0n) is 32.1. The number of nitrogens with zero attached hydrogens (tertiary/aromatic N) is 2. The zero-order chi connectivity index (χ0) is 39.4. The van der Waals surface area contributed by atoms with Crippen LogP contribution in [0.3, 0.4) is 0 Å². The number of anilines is 2. The number of imide groups is 2. The molecule has 8 heteroatoms. The van der Waals surface area contributed by atoms with Gasteiger partial charge in [0.05, 0.1) is 11.4 Å². The predicted octanol–water partition coefficient (Wildman–Crippen LogP) is 11.1. The van der Waals surface area contributed by atoms with Gasteiger partial charge in [-0.25, -0.2) is 9.80 Å². The molecule has 2 heterocycles. The van der Waals surface area contributed by atoms with E-state index in [1.807, 2.05) is 24.3 Å². The summed E-state index contributed by atoms with van der Waals surface area (Å²) in [6.07, 6.45) is 16.2. The molecule has 8 nitrogen and oxygen atoms in total. The van der Waals surface area contributed by atoms with Gasteiger partial charge in [-0.05, 0) is 120 Å². The van der Waals surface area contributed by atoms with Gasteiger partial charge in [0.15, 0.2) is 0 Å². The Hall–Kier alpha value is -6.54. The lowest BCUT2D eigenvalue weighted by Gasteiger charge is -2.40. The standard InChI is InChI=1S/C50H42N2O6/c53-45-24-25-46(54)51(45)35-14-18-37(19-15-35)57-43-30-33-12-22-39(43)41-10-7-11-42(49(41)32-8-3-1-4-9-32)40-23-13-34(50(33)28-5-2-6-29-50)31-44(40)58-38-20-16-36(17-21-38)52-47(55)26-27-48(52)56/h7,10-27,30-32H,1-6,8-9,28-29H2. The molecule has 2 fully saturated rings. The van der Waals surface area contributed by atoms with Gasteiger partial charge in [-0.2, -0.15) is 0 Å². The maximum absolute atomic E-state index is 12.4. The normalized spacial score (nSPS) is 18.3. The quantitative estimate of drug-likeness (QED) is 0.153. The number of amides is 4. The van der Waals surface area contributed by atoms with E-state index in [0.717, 1.165) is 82.1 Å². The average molecular weight is 767 g/mol. The molecule has 5 aromatic carbocycles. The molecule has 0 atom stereocenters. The van der Waals surface area contributed by atoms with Crippen LogP contribution in [0.15, 0.2) is 127 Å².